The van der Waals surface area contributed by atoms with Gasteiger partial charge < -0.3 is 15.2 Å². The predicted octanol–water partition coefficient (Wildman–Crippen LogP) is 5.99. The lowest BCUT2D eigenvalue weighted by molar-refractivity contribution is -0.113. The van der Waals surface area contributed by atoms with Crippen molar-refractivity contribution in [2.24, 2.45) is 13.0 Å². The highest BCUT2D eigenvalue weighted by Gasteiger charge is 2.24. The summed E-state index contributed by atoms with van der Waals surface area (Å²) in [5.74, 6) is 0.631. The van der Waals surface area contributed by atoms with Gasteiger partial charge in [-0.2, -0.15) is 0 Å². The zero-order chi connectivity index (χ0) is 25.7. The molecule has 1 heterocycles. The van der Waals surface area contributed by atoms with Crippen molar-refractivity contribution in [2.75, 3.05) is 11.1 Å². The molecule has 35 heavy (non-hydrogen) atoms. The van der Waals surface area contributed by atoms with E-state index < -0.39 is 0 Å². The van der Waals surface area contributed by atoms with Crippen molar-refractivity contribution in [1.29, 1.82) is 0 Å². The van der Waals surface area contributed by atoms with E-state index in [1.807, 2.05) is 43.7 Å². The Kier molecular flexibility index (Phi) is 9.21. The molecule has 1 aromatic heterocycles. The summed E-state index contributed by atoms with van der Waals surface area (Å²) in [4.78, 5) is 25.5. The van der Waals surface area contributed by atoms with Crippen molar-refractivity contribution in [1.82, 2.24) is 20.1 Å². The average Bonchev–Trinajstić information content (AvgIpc) is 3.13. The minimum Gasteiger partial charge on any atom is -0.342 e. The maximum Gasteiger partial charge on any atom is 0.253 e. The van der Waals surface area contributed by atoms with Gasteiger partial charge in [-0.1, -0.05) is 66.5 Å². The number of aromatic nitrogens is 3. The Labute approximate surface area is 220 Å². The van der Waals surface area contributed by atoms with Crippen LogP contribution < -0.4 is 10.6 Å². The quantitative estimate of drug-likeness (QED) is 0.330. The second-order valence-corrected chi connectivity index (χ2v) is 10.6. The number of nitrogens with zero attached hydrogens (tertiary/aromatic N) is 3. The molecule has 2 amide bonds. The van der Waals surface area contributed by atoms with Crippen molar-refractivity contribution >= 4 is 52.5 Å². The summed E-state index contributed by atoms with van der Waals surface area (Å²) in [5.41, 5.74) is 3.28. The van der Waals surface area contributed by atoms with Gasteiger partial charge >= 0.3 is 0 Å². The number of aryl methyl sites for hydroxylation is 2. The zero-order valence-corrected chi connectivity index (χ0v) is 22.7. The lowest BCUT2D eigenvalue weighted by Crippen LogP contribution is -2.31. The molecule has 0 spiro atoms. The first-order valence-corrected chi connectivity index (χ1v) is 12.9. The van der Waals surface area contributed by atoms with Crippen molar-refractivity contribution < 1.29 is 9.59 Å². The maximum absolute atomic E-state index is 12.9. The standard InChI is InChI=1S/C25H29Cl2N5O2S/c1-14(2)10-21(29-24(34)18-8-7-17(26)12-19(18)27)23-30-31-25(32(23)5)35-13-22(33)28-20-9-6-15(3)11-16(20)4/h6-9,11-12,14,21H,10,13H2,1-5H3,(H,28,33)(H,29,34)/t21-/m1/s1. The molecule has 3 aromatic rings. The first kappa shape index (κ1) is 27.0. The van der Waals surface area contributed by atoms with E-state index in [1.165, 1.54) is 17.8 Å². The van der Waals surface area contributed by atoms with Crippen LogP contribution in [-0.4, -0.2) is 32.3 Å². The fourth-order valence-electron chi connectivity index (χ4n) is 3.64. The third-order valence-corrected chi connectivity index (χ3v) is 6.92. The Balaban J connectivity index is 1.70. The van der Waals surface area contributed by atoms with Crippen LogP contribution in [0, 0.1) is 19.8 Å². The number of rotatable bonds is 9. The molecule has 0 aliphatic heterocycles. The van der Waals surface area contributed by atoms with E-state index in [4.69, 9.17) is 23.2 Å². The third kappa shape index (κ3) is 7.22. The van der Waals surface area contributed by atoms with Crippen LogP contribution in [-0.2, 0) is 11.8 Å². The summed E-state index contributed by atoms with van der Waals surface area (Å²) in [6.07, 6.45) is 0.654. The van der Waals surface area contributed by atoms with E-state index in [0.717, 1.165) is 16.8 Å². The molecule has 186 valence electrons. The van der Waals surface area contributed by atoms with E-state index in [9.17, 15) is 9.59 Å². The second kappa shape index (κ2) is 11.9. The van der Waals surface area contributed by atoms with Gasteiger partial charge in [-0.25, -0.2) is 0 Å². The molecule has 0 unspecified atom stereocenters. The summed E-state index contributed by atoms with van der Waals surface area (Å²) in [6.45, 7) is 8.11. The van der Waals surface area contributed by atoms with Gasteiger partial charge in [-0.15, -0.1) is 10.2 Å². The molecule has 10 heteroatoms. The molecule has 0 bridgehead atoms. The molecule has 3 rings (SSSR count). The van der Waals surface area contributed by atoms with Crippen LogP contribution >= 0.6 is 35.0 Å². The van der Waals surface area contributed by atoms with Crippen LogP contribution in [0.15, 0.2) is 41.6 Å². The SMILES string of the molecule is Cc1ccc(NC(=O)CSc2nnc([C@@H](CC(C)C)NC(=O)c3ccc(Cl)cc3Cl)n2C)c(C)c1. The van der Waals surface area contributed by atoms with Crippen LogP contribution in [0.25, 0.3) is 0 Å². The zero-order valence-electron chi connectivity index (χ0n) is 20.4. The van der Waals surface area contributed by atoms with E-state index in [1.54, 1.807) is 12.1 Å². The fourth-order valence-corrected chi connectivity index (χ4v) is 4.85. The van der Waals surface area contributed by atoms with Gasteiger partial charge in [0, 0.05) is 17.8 Å². The minimum atomic E-state index is -0.384. The Morgan fingerprint density at radius 3 is 2.49 bits per heavy atom. The van der Waals surface area contributed by atoms with Crippen LogP contribution in [0.1, 0.15) is 53.6 Å². The number of halogens is 2. The predicted molar refractivity (Wildman–Crippen MR) is 142 cm³/mol. The molecule has 0 saturated carbocycles. The van der Waals surface area contributed by atoms with Crippen molar-refractivity contribution in [3.8, 4) is 0 Å². The maximum atomic E-state index is 12.9. The van der Waals surface area contributed by atoms with Gasteiger partial charge in [-0.3, -0.25) is 9.59 Å². The van der Waals surface area contributed by atoms with Crippen LogP contribution in [0.2, 0.25) is 10.0 Å². The van der Waals surface area contributed by atoms with Crippen molar-refractivity contribution in [3.05, 3.63) is 69.0 Å². The largest absolute Gasteiger partial charge is 0.342 e. The lowest BCUT2D eigenvalue weighted by atomic mass is 10.0. The highest BCUT2D eigenvalue weighted by Crippen LogP contribution is 2.26. The van der Waals surface area contributed by atoms with Gasteiger partial charge in [-0.05, 0) is 56.0 Å². The smallest absolute Gasteiger partial charge is 0.253 e. The third-order valence-electron chi connectivity index (χ3n) is 5.36. The van der Waals surface area contributed by atoms with Gasteiger partial charge in [0.1, 0.15) is 0 Å². The molecule has 0 fully saturated rings. The first-order chi connectivity index (χ1) is 16.5. The van der Waals surface area contributed by atoms with Crippen LogP contribution in [0.3, 0.4) is 0 Å². The molecule has 1 atom stereocenters. The van der Waals surface area contributed by atoms with Gasteiger partial charge in [0.05, 0.1) is 22.4 Å². The summed E-state index contributed by atoms with van der Waals surface area (Å²) in [7, 11) is 1.83. The van der Waals surface area contributed by atoms with Crippen molar-refractivity contribution in [3.63, 3.8) is 0 Å². The highest BCUT2D eigenvalue weighted by atomic mass is 35.5. The Morgan fingerprint density at radius 1 is 1.09 bits per heavy atom. The van der Waals surface area contributed by atoms with E-state index in [-0.39, 0.29) is 34.5 Å². The van der Waals surface area contributed by atoms with Crippen molar-refractivity contribution in [2.45, 2.75) is 45.3 Å². The number of hydrogen-bond acceptors (Lipinski definition) is 5. The summed E-state index contributed by atoms with van der Waals surface area (Å²) in [6, 6.07) is 10.3. The molecule has 0 saturated heterocycles. The monoisotopic (exact) mass is 533 g/mol. The van der Waals surface area contributed by atoms with Gasteiger partial charge in [0.25, 0.3) is 5.91 Å². The van der Waals surface area contributed by atoms with E-state index in [0.29, 0.717) is 28.0 Å². The Bertz CT molecular complexity index is 1230. The molecule has 7 nitrogen and oxygen atoms in total. The lowest BCUT2D eigenvalue weighted by Gasteiger charge is -2.20. The molecule has 0 radical (unpaired) electrons. The number of nitrogens with one attached hydrogen (secondary N) is 2. The van der Waals surface area contributed by atoms with Crippen LogP contribution in [0.5, 0.6) is 0 Å². The molecule has 2 N–H and O–H groups in total. The molecule has 2 aromatic carbocycles. The van der Waals surface area contributed by atoms with Gasteiger partial charge in [0.15, 0.2) is 11.0 Å². The number of benzene rings is 2. The van der Waals surface area contributed by atoms with E-state index in [2.05, 4.69) is 34.7 Å². The fraction of sp³-hybridized carbons (Fsp3) is 0.360. The minimum absolute atomic E-state index is 0.129. The highest BCUT2D eigenvalue weighted by molar-refractivity contribution is 7.99. The Morgan fingerprint density at radius 2 is 1.83 bits per heavy atom. The summed E-state index contributed by atoms with van der Waals surface area (Å²) < 4.78 is 1.81. The average molecular weight is 535 g/mol. The molecular weight excluding hydrogens is 505 g/mol. The summed E-state index contributed by atoms with van der Waals surface area (Å²) in [5, 5.41) is 15.9. The summed E-state index contributed by atoms with van der Waals surface area (Å²) >= 11 is 13.5. The Hall–Kier alpha value is -2.55. The second-order valence-electron chi connectivity index (χ2n) is 8.83. The molecular formula is C25H29Cl2N5O2S. The molecule has 0 aliphatic rings. The first-order valence-electron chi connectivity index (χ1n) is 11.2. The van der Waals surface area contributed by atoms with Gasteiger partial charge in [0.2, 0.25) is 5.91 Å². The number of amides is 2. The number of carbonyl (C=O) groups is 2. The topological polar surface area (TPSA) is 88.9 Å². The number of carbonyl (C=O) groups excluding carboxylic acids is 2. The number of hydrogen-bond donors (Lipinski definition) is 2. The normalized spacial score (nSPS) is 12.0. The van der Waals surface area contributed by atoms with Crippen LogP contribution in [0.4, 0.5) is 5.69 Å². The number of thioether (sulfide) groups is 1. The van der Waals surface area contributed by atoms with E-state index >= 15 is 0 Å². The number of anilines is 1. The molecule has 0 aliphatic carbocycles.